The molecule has 0 aromatic carbocycles. The molecule has 0 atom stereocenters. The standard InChI is InChI=1S/C11H17NOS/c1-9-8-14-10(12-9)7-11(13)5-3-2-4-6-11/h8,13H,2-7H2,1H3. The van der Waals surface area contributed by atoms with Crippen LogP contribution in [0, 0.1) is 6.92 Å². The SMILES string of the molecule is Cc1csc(CC2(O)CCCCC2)n1. The molecule has 1 aromatic rings. The number of nitrogens with zero attached hydrogens (tertiary/aromatic N) is 1. The Bertz CT molecular complexity index is 302. The molecular formula is C11H17NOS. The van der Waals surface area contributed by atoms with Crippen molar-refractivity contribution in [2.24, 2.45) is 0 Å². The topological polar surface area (TPSA) is 33.1 Å². The first kappa shape index (κ1) is 10.1. The fourth-order valence-electron chi connectivity index (χ4n) is 2.15. The predicted octanol–water partition coefficient (Wildman–Crippen LogP) is 2.69. The fraction of sp³-hybridized carbons (Fsp3) is 0.727. The van der Waals surface area contributed by atoms with Crippen molar-refractivity contribution in [1.29, 1.82) is 0 Å². The lowest BCUT2D eigenvalue weighted by molar-refractivity contribution is 0.00444. The second-order valence-corrected chi connectivity index (χ2v) is 5.29. The zero-order valence-corrected chi connectivity index (χ0v) is 9.44. The minimum Gasteiger partial charge on any atom is -0.389 e. The zero-order chi connectivity index (χ0) is 10.0. The molecular weight excluding hydrogens is 194 g/mol. The van der Waals surface area contributed by atoms with Crippen LogP contribution in [-0.2, 0) is 6.42 Å². The van der Waals surface area contributed by atoms with E-state index in [1.54, 1.807) is 11.3 Å². The molecule has 1 saturated carbocycles. The Morgan fingerprint density at radius 1 is 1.43 bits per heavy atom. The Labute approximate surface area is 89.0 Å². The van der Waals surface area contributed by atoms with Gasteiger partial charge >= 0.3 is 0 Å². The van der Waals surface area contributed by atoms with Gasteiger partial charge in [0.05, 0.1) is 10.6 Å². The smallest absolute Gasteiger partial charge is 0.0956 e. The minimum absolute atomic E-state index is 0.456. The van der Waals surface area contributed by atoms with Gasteiger partial charge in [0, 0.05) is 17.5 Å². The molecule has 0 saturated heterocycles. The van der Waals surface area contributed by atoms with Gasteiger partial charge in [-0.1, -0.05) is 19.3 Å². The van der Waals surface area contributed by atoms with Crippen LogP contribution in [0.15, 0.2) is 5.38 Å². The summed E-state index contributed by atoms with van der Waals surface area (Å²) in [7, 11) is 0. The molecule has 0 unspecified atom stereocenters. The number of aryl methyl sites for hydroxylation is 1. The second-order valence-electron chi connectivity index (χ2n) is 4.34. The second kappa shape index (κ2) is 3.99. The maximum Gasteiger partial charge on any atom is 0.0956 e. The highest BCUT2D eigenvalue weighted by Gasteiger charge is 2.30. The van der Waals surface area contributed by atoms with E-state index in [0.29, 0.717) is 0 Å². The van der Waals surface area contributed by atoms with Gasteiger partial charge in [0.25, 0.3) is 0 Å². The molecule has 0 radical (unpaired) electrons. The molecule has 78 valence electrons. The van der Waals surface area contributed by atoms with Crippen molar-refractivity contribution in [3.63, 3.8) is 0 Å². The summed E-state index contributed by atoms with van der Waals surface area (Å²) in [6, 6.07) is 0. The van der Waals surface area contributed by atoms with Crippen LogP contribution in [0.2, 0.25) is 0 Å². The number of aromatic nitrogens is 1. The van der Waals surface area contributed by atoms with Crippen LogP contribution in [0.25, 0.3) is 0 Å². The van der Waals surface area contributed by atoms with Crippen molar-refractivity contribution in [2.75, 3.05) is 0 Å². The van der Waals surface area contributed by atoms with Gasteiger partial charge in [-0.2, -0.15) is 0 Å². The third-order valence-electron chi connectivity index (χ3n) is 2.93. The van der Waals surface area contributed by atoms with E-state index in [1.165, 1.54) is 19.3 Å². The number of hydrogen-bond donors (Lipinski definition) is 1. The summed E-state index contributed by atoms with van der Waals surface area (Å²) in [6.45, 7) is 2.00. The van der Waals surface area contributed by atoms with E-state index in [1.807, 2.05) is 6.92 Å². The quantitative estimate of drug-likeness (QED) is 0.816. The van der Waals surface area contributed by atoms with Crippen LogP contribution in [0.3, 0.4) is 0 Å². The summed E-state index contributed by atoms with van der Waals surface area (Å²) in [4.78, 5) is 4.41. The monoisotopic (exact) mass is 211 g/mol. The van der Waals surface area contributed by atoms with Crippen LogP contribution >= 0.6 is 11.3 Å². The summed E-state index contributed by atoms with van der Waals surface area (Å²) in [5.74, 6) is 0. The predicted molar refractivity (Wildman–Crippen MR) is 58.6 cm³/mol. The molecule has 0 spiro atoms. The van der Waals surface area contributed by atoms with Gasteiger partial charge in [-0.3, -0.25) is 0 Å². The first-order valence-electron chi connectivity index (χ1n) is 5.31. The highest BCUT2D eigenvalue weighted by Crippen LogP contribution is 2.31. The third kappa shape index (κ3) is 2.34. The molecule has 1 fully saturated rings. The average Bonchev–Trinajstić information content (AvgIpc) is 2.51. The van der Waals surface area contributed by atoms with Gasteiger partial charge in [0.1, 0.15) is 0 Å². The molecule has 2 rings (SSSR count). The van der Waals surface area contributed by atoms with E-state index in [-0.39, 0.29) is 0 Å². The molecule has 0 amide bonds. The van der Waals surface area contributed by atoms with E-state index in [4.69, 9.17) is 0 Å². The van der Waals surface area contributed by atoms with E-state index < -0.39 is 5.60 Å². The van der Waals surface area contributed by atoms with Crippen LogP contribution in [0.4, 0.5) is 0 Å². The van der Waals surface area contributed by atoms with Crippen molar-refractivity contribution in [3.05, 3.63) is 16.1 Å². The lowest BCUT2D eigenvalue weighted by atomic mass is 9.83. The Kier molecular flexibility index (Phi) is 2.88. The third-order valence-corrected chi connectivity index (χ3v) is 3.90. The lowest BCUT2D eigenvalue weighted by Gasteiger charge is -2.31. The van der Waals surface area contributed by atoms with Gasteiger partial charge in [0.15, 0.2) is 0 Å². The van der Waals surface area contributed by atoms with Crippen LogP contribution in [0.5, 0.6) is 0 Å². The summed E-state index contributed by atoms with van der Waals surface area (Å²) in [5, 5.41) is 13.4. The molecule has 14 heavy (non-hydrogen) atoms. The molecule has 2 nitrogen and oxygen atoms in total. The Morgan fingerprint density at radius 2 is 2.14 bits per heavy atom. The van der Waals surface area contributed by atoms with Gasteiger partial charge < -0.3 is 5.11 Å². The molecule has 1 heterocycles. The van der Waals surface area contributed by atoms with Crippen LogP contribution in [-0.4, -0.2) is 15.7 Å². The van der Waals surface area contributed by atoms with Crippen molar-refractivity contribution < 1.29 is 5.11 Å². The van der Waals surface area contributed by atoms with E-state index >= 15 is 0 Å². The van der Waals surface area contributed by atoms with E-state index in [2.05, 4.69) is 10.4 Å². The van der Waals surface area contributed by atoms with E-state index in [9.17, 15) is 5.11 Å². The molecule has 1 aliphatic rings. The molecule has 0 bridgehead atoms. The fourth-order valence-corrected chi connectivity index (χ4v) is 3.06. The summed E-state index contributed by atoms with van der Waals surface area (Å²) in [6.07, 6.45) is 6.27. The number of thiazole rings is 1. The Hall–Kier alpha value is -0.410. The Morgan fingerprint density at radius 3 is 2.71 bits per heavy atom. The number of hydrogen-bond acceptors (Lipinski definition) is 3. The normalized spacial score (nSPS) is 21.0. The van der Waals surface area contributed by atoms with Gasteiger partial charge in [0.2, 0.25) is 0 Å². The van der Waals surface area contributed by atoms with Crippen LogP contribution < -0.4 is 0 Å². The van der Waals surface area contributed by atoms with Gasteiger partial charge in [-0.15, -0.1) is 11.3 Å². The van der Waals surface area contributed by atoms with Crippen molar-refractivity contribution >= 4 is 11.3 Å². The highest BCUT2D eigenvalue weighted by molar-refractivity contribution is 7.09. The maximum absolute atomic E-state index is 10.3. The van der Waals surface area contributed by atoms with Crippen molar-refractivity contribution in [3.8, 4) is 0 Å². The number of rotatable bonds is 2. The average molecular weight is 211 g/mol. The number of aliphatic hydroxyl groups is 1. The lowest BCUT2D eigenvalue weighted by Crippen LogP contribution is -2.33. The summed E-state index contributed by atoms with van der Waals surface area (Å²) in [5.41, 5.74) is 0.618. The maximum atomic E-state index is 10.3. The molecule has 1 aromatic heterocycles. The first-order valence-corrected chi connectivity index (χ1v) is 6.19. The Balaban J connectivity index is 2.01. The van der Waals surface area contributed by atoms with Gasteiger partial charge in [-0.05, 0) is 19.8 Å². The molecule has 1 aliphatic carbocycles. The zero-order valence-electron chi connectivity index (χ0n) is 8.62. The molecule has 3 heteroatoms. The van der Waals surface area contributed by atoms with Crippen molar-refractivity contribution in [2.45, 2.75) is 51.0 Å². The van der Waals surface area contributed by atoms with Crippen LogP contribution in [0.1, 0.15) is 42.8 Å². The molecule has 0 aliphatic heterocycles. The molecule has 1 N–H and O–H groups in total. The largest absolute Gasteiger partial charge is 0.389 e. The van der Waals surface area contributed by atoms with Gasteiger partial charge in [-0.25, -0.2) is 4.98 Å². The summed E-state index contributed by atoms with van der Waals surface area (Å²) < 4.78 is 0. The first-order chi connectivity index (χ1) is 6.68. The minimum atomic E-state index is -0.456. The van der Waals surface area contributed by atoms with E-state index in [0.717, 1.165) is 30.0 Å². The summed E-state index contributed by atoms with van der Waals surface area (Å²) >= 11 is 1.67. The van der Waals surface area contributed by atoms with Crippen molar-refractivity contribution in [1.82, 2.24) is 4.98 Å². The highest BCUT2D eigenvalue weighted by atomic mass is 32.1.